The minimum absolute atomic E-state index is 0.0519. The molecule has 3 N–H and O–H groups in total. The van der Waals surface area contributed by atoms with Crippen LogP contribution in [0.2, 0.25) is 0 Å². The smallest absolute Gasteiger partial charge is 0.237 e. The van der Waals surface area contributed by atoms with E-state index in [1.807, 2.05) is 30.3 Å². The number of rotatable bonds is 6. The molecular formula is C17H27N3O. The molecule has 2 atom stereocenters. The second kappa shape index (κ2) is 8.15. The SMILES string of the molecule is CC1CCCN(CCNC(=O)C(N)Cc2ccccc2)C1. The van der Waals surface area contributed by atoms with E-state index in [1.165, 1.54) is 12.8 Å². The van der Waals surface area contributed by atoms with Gasteiger partial charge in [0.15, 0.2) is 0 Å². The van der Waals surface area contributed by atoms with Crippen LogP contribution in [0.15, 0.2) is 30.3 Å². The van der Waals surface area contributed by atoms with E-state index in [4.69, 9.17) is 5.73 Å². The standard InChI is InChI=1S/C17H27N3O/c1-14-6-5-10-20(13-14)11-9-19-17(21)16(18)12-15-7-3-2-4-8-15/h2-4,7-8,14,16H,5-6,9-13,18H2,1H3,(H,19,21). The van der Waals surface area contributed by atoms with Crippen molar-refractivity contribution in [2.45, 2.75) is 32.2 Å². The summed E-state index contributed by atoms with van der Waals surface area (Å²) in [7, 11) is 0. The normalized spacial score (nSPS) is 21.0. The van der Waals surface area contributed by atoms with Crippen LogP contribution < -0.4 is 11.1 Å². The molecule has 116 valence electrons. The second-order valence-electron chi connectivity index (χ2n) is 6.14. The topological polar surface area (TPSA) is 58.4 Å². The molecule has 1 aliphatic heterocycles. The lowest BCUT2D eigenvalue weighted by Gasteiger charge is -2.30. The van der Waals surface area contributed by atoms with E-state index in [-0.39, 0.29) is 5.91 Å². The van der Waals surface area contributed by atoms with Crippen LogP contribution in [0.25, 0.3) is 0 Å². The zero-order valence-corrected chi connectivity index (χ0v) is 12.9. The predicted molar refractivity (Wildman–Crippen MR) is 86.0 cm³/mol. The molecular weight excluding hydrogens is 262 g/mol. The van der Waals surface area contributed by atoms with Gasteiger partial charge in [0, 0.05) is 19.6 Å². The number of nitrogens with two attached hydrogens (primary N) is 1. The third-order valence-electron chi connectivity index (χ3n) is 4.10. The molecule has 0 aliphatic carbocycles. The molecule has 0 spiro atoms. The van der Waals surface area contributed by atoms with Crippen molar-refractivity contribution in [2.75, 3.05) is 26.2 Å². The van der Waals surface area contributed by atoms with Crippen LogP contribution in [0.5, 0.6) is 0 Å². The van der Waals surface area contributed by atoms with Gasteiger partial charge >= 0.3 is 0 Å². The Morgan fingerprint density at radius 2 is 2.19 bits per heavy atom. The summed E-state index contributed by atoms with van der Waals surface area (Å²) in [5.74, 6) is 0.721. The molecule has 1 amide bonds. The van der Waals surface area contributed by atoms with E-state index in [0.717, 1.165) is 31.1 Å². The Kier molecular flexibility index (Phi) is 6.21. The third kappa shape index (κ3) is 5.48. The molecule has 0 aromatic heterocycles. The van der Waals surface area contributed by atoms with Crippen molar-refractivity contribution < 1.29 is 4.79 Å². The Hall–Kier alpha value is -1.39. The van der Waals surface area contributed by atoms with Crippen molar-refractivity contribution in [1.29, 1.82) is 0 Å². The first kappa shape index (κ1) is 16.0. The molecule has 1 aliphatic rings. The molecule has 21 heavy (non-hydrogen) atoms. The van der Waals surface area contributed by atoms with Crippen molar-refractivity contribution in [3.63, 3.8) is 0 Å². The first-order valence-corrected chi connectivity index (χ1v) is 7.94. The number of benzene rings is 1. The lowest BCUT2D eigenvalue weighted by Crippen LogP contribution is -2.45. The highest BCUT2D eigenvalue weighted by Gasteiger charge is 2.17. The molecule has 1 fully saturated rings. The zero-order chi connectivity index (χ0) is 15.1. The molecule has 1 aromatic carbocycles. The number of hydrogen-bond donors (Lipinski definition) is 2. The summed E-state index contributed by atoms with van der Waals surface area (Å²) >= 11 is 0. The summed E-state index contributed by atoms with van der Waals surface area (Å²) in [6, 6.07) is 9.45. The molecule has 2 unspecified atom stereocenters. The summed E-state index contributed by atoms with van der Waals surface area (Å²) in [4.78, 5) is 14.4. The van der Waals surface area contributed by atoms with Crippen LogP contribution in [-0.4, -0.2) is 43.0 Å². The van der Waals surface area contributed by atoms with Gasteiger partial charge in [-0.15, -0.1) is 0 Å². The van der Waals surface area contributed by atoms with Gasteiger partial charge in [0.2, 0.25) is 5.91 Å². The Morgan fingerprint density at radius 3 is 2.90 bits per heavy atom. The highest BCUT2D eigenvalue weighted by Crippen LogP contribution is 2.14. The number of likely N-dealkylation sites (tertiary alicyclic amines) is 1. The van der Waals surface area contributed by atoms with Gasteiger partial charge in [0.1, 0.15) is 0 Å². The molecule has 0 saturated carbocycles. The lowest BCUT2D eigenvalue weighted by atomic mass is 10.0. The Labute approximate surface area is 127 Å². The third-order valence-corrected chi connectivity index (χ3v) is 4.10. The Bertz CT molecular complexity index is 435. The predicted octanol–water partition coefficient (Wildman–Crippen LogP) is 1.40. The van der Waals surface area contributed by atoms with Gasteiger partial charge in [-0.05, 0) is 37.3 Å². The van der Waals surface area contributed by atoms with E-state index in [0.29, 0.717) is 13.0 Å². The fraction of sp³-hybridized carbons (Fsp3) is 0.588. The number of hydrogen-bond acceptors (Lipinski definition) is 3. The fourth-order valence-corrected chi connectivity index (χ4v) is 2.92. The number of nitrogens with zero attached hydrogens (tertiary/aromatic N) is 1. The quantitative estimate of drug-likeness (QED) is 0.832. The molecule has 1 saturated heterocycles. The average Bonchev–Trinajstić information content (AvgIpc) is 2.48. The summed E-state index contributed by atoms with van der Waals surface area (Å²) < 4.78 is 0. The van der Waals surface area contributed by atoms with Crippen molar-refractivity contribution in [2.24, 2.45) is 11.7 Å². The van der Waals surface area contributed by atoms with Crippen LogP contribution >= 0.6 is 0 Å². The van der Waals surface area contributed by atoms with Crippen molar-refractivity contribution in [3.8, 4) is 0 Å². The van der Waals surface area contributed by atoms with Crippen LogP contribution in [0, 0.1) is 5.92 Å². The molecule has 1 heterocycles. The van der Waals surface area contributed by atoms with Gasteiger partial charge in [0.05, 0.1) is 6.04 Å². The van der Waals surface area contributed by atoms with Crippen LogP contribution in [0.4, 0.5) is 0 Å². The van der Waals surface area contributed by atoms with E-state index in [1.54, 1.807) is 0 Å². The Balaban J connectivity index is 1.67. The molecule has 4 nitrogen and oxygen atoms in total. The van der Waals surface area contributed by atoms with Crippen LogP contribution in [0.3, 0.4) is 0 Å². The van der Waals surface area contributed by atoms with Gasteiger partial charge in [-0.2, -0.15) is 0 Å². The largest absolute Gasteiger partial charge is 0.353 e. The first-order chi connectivity index (χ1) is 10.1. The van der Waals surface area contributed by atoms with Crippen LogP contribution in [0.1, 0.15) is 25.3 Å². The number of piperidine rings is 1. The monoisotopic (exact) mass is 289 g/mol. The zero-order valence-electron chi connectivity index (χ0n) is 12.9. The van der Waals surface area contributed by atoms with E-state index < -0.39 is 6.04 Å². The first-order valence-electron chi connectivity index (χ1n) is 7.94. The fourth-order valence-electron chi connectivity index (χ4n) is 2.92. The number of carbonyl (C=O) groups excluding carboxylic acids is 1. The van der Waals surface area contributed by atoms with Gasteiger partial charge in [-0.25, -0.2) is 0 Å². The molecule has 2 rings (SSSR count). The maximum absolute atomic E-state index is 12.0. The van der Waals surface area contributed by atoms with Gasteiger partial charge < -0.3 is 16.0 Å². The molecule has 0 radical (unpaired) electrons. The van der Waals surface area contributed by atoms with Crippen LogP contribution in [-0.2, 0) is 11.2 Å². The average molecular weight is 289 g/mol. The summed E-state index contributed by atoms with van der Waals surface area (Å²) in [6.07, 6.45) is 3.18. The van der Waals surface area contributed by atoms with E-state index in [2.05, 4.69) is 17.1 Å². The minimum Gasteiger partial charge on any atom is -0.353 e. The number of nitrogens with one attached hydrogen (secondary N) is 1. The summed E-state index contributed by atoms with van der Waals surface area (Å²) in [6.45, 7) is 6.20. The highest BCUT2D eigenvalue weighted by molar-refractivity contribution is 5.81. The Morgan fingerprint density at radius 1 is 1.43 bits per heavy atom. The molecule has 4 heteroatoms. The van der Waals surface area contributed by atoms with Gasteiger partial charge in [0.25, 0.3) is 0 Å². The van der Waals surface area contributed by atoms with E-state index >= 15 is 0 Å². The molecule has 1 aromatic rings. The van der Waals surface area contributed by atoms with Gasteiger partial charge in [-0.3, -0.25) is 4.79 Å². The van der Waals surface area contributed by atoms with Crippen molar-refractivity contribution in [1.82, 2.24) is 10.2 Å². The summed E-state index contributed by atoms with van der Waals surface area (Å²) in [5, 5.41) is 2.96. The maximum Gasteiger partial charge on any atom is 0.237 e. The van der Waals surface area contributed by atoms with Crippen molar-refractivity contribution in [3.05, 3.63) is 35.9 Å². The van der Waals surface area contributed by atoms with Gasteiger partial charge in [-0.1, -0.05) is 37.3 Å². The summed E-state index contributed by atoms with van der Waals surface area (Å²) in [5.41, 5.74) is 7.07. The molecule has 0 bridgehead atoms. The van der Waals surface area contributed by atoms with E-state index in [9.17, 15) is 4.79 Å². The second-order valence-corrected chi connectivity index (χ2v) is 6.14. The van der Waals surface area contributed by atoms with Crippen molar-refractivity contribution >= 4 is 5.91 Å². The highest BCUT2D eigenvalue weighted by atomic mass is 16.2. The minimum atomic E-state index is -0.465. The maximum atomic E-state index is 12.0. The lowest BCUT2D eigenvalue weighted by molar-refractivity contribution is -0.122. The number of carbonyl (C=O) groups is 1. The number of amides is 1.